The van der Waals surface area contributed by atoms with Crippen LogP contribution in [0.1, 0.15) is 32.8 Å². The van der Waals surface area contributed by atoms with Gasteiger partial charge in [0.15, 0.2) is 0 Å². The zero-order chi connectivity index (χ0) is 17.0. The van der Waals surface area contributed by atoms with E-state index in [0.717, 1.165) is 11.3 Å². The third-order valence-corrected chi connectivity index (χ3v) is 3.78. The zero-order valence-corrected chi connectivity index (χ0v) is 14.7. The summed E-state index contributed by atoms with van der Waals surface area (Å²) in [5, 5.41) is 2.85. The number of nitrogens with zero attached hydrogens (tertiary/aromatic N) is 1. The predicted octanol–water partition coefficient (Wildman–Crippen LogP) is 2.79. The van der Waals surface area contributed by atoms with Crippen molar-refractivity contribution in [3.8, 4) is 0 Å². The van der Waals surface area contributed by atoms with Gasteiger partial charge in [0.05, 0.1) is 0 Å². The van der Waals surface area contributed by atoms with Gasteiger partial charge in [0.25, 0.3) is 0 Å². The van der Waals surface area contributed by atoms with Gasteiger partial charge in [0, 0.05) is 30.4 Å². The van der Waals surface area contributed by atoms with Crippen LogP contribution < -0.4 is 10.2 Å². The number of alkyl carbamates (subject to hydrolysis) is 1. The van der Waals surface area contributed by atoms with Gasteiger partial charge < -0.3 is 15.0 Å². The highest BCUT2D eigenvalue weighted by molar-refractivity contribution is 7.81. The molecule has 6 heteroatoms. The van der Waals surface area contributed by atoms with E-state index in [1.54, 1.807) is 4.90 Å². The first-order valence-corrected chi connectivity index (χ1v) is 8.30. The van der Waals surface area contributed by atoms with E-state index in [9.17, 15) is 9.59 Å². The Bertz CT molecular complexity index is 566. The Labute approximate surface area is 142 Å². The van der Waals surface area contributed by atoms with Crippen molar-refractivity contribution >= 4 is 30.3 Å². The van der Waals surface area contributed by atoms with Crippen LogP contribution in [-0.2, 0) is 16.0 Å². The molecule has 1 unspecified atom stereocenters. The van der Waals surface area contributed by atoms with Crippen molar-refractivity contribution in [2.75, 3.05) is 18.0 Å². The fourth-order valence-corrected chi connectivity index (χ4v) is 2.72. The number of benzene rings is 1. The Kier molecular flexibility index (Phi) is 5.57. The summed E-state index contributed by atoms with van der Waals surface area (Å²) < 4.78 is 5.18. The van der Waals surface area contributed by atoms with Crippen LogP contribution in [0.15, 0.2) is 24.3 Å². The number of anilines is 1. The van der Waals surface area contributed by atoms with Crippen LogP contribution in [0.4, 0.5) is 10.5 Å². The van der Waals surface area contributed by atoms with Crippen LogP contribution in [0.25, 0.3) is 0 Å². The average Bonchev–Trinajstić information content (AvgIpc) is 2.76. The summed E-state index contributed by atoms with van der Waals surface area (Å²) in [5.74, 6) is 0.115. The summed E-state index contributed by atoms with van der Waals surface area (Å²) in [4.78, 5) is 25.2. The van der Waals surface area contributed by atoms with Crippen molar-refractivity contribution in [3.63, 3.8) is 0 Å². The van der Waals surface area contributed by atoms with Gasteiger partial charge in [0.1, 0.15) is 5.60 Å². The molecule has 0 saturated carbocycles. The Morgan fingerprint density at radius 3 is 2.52 bits per heavy atom. The van der Waals surface area contributed by atoms with Gasteiger partial charge in [-0.05, 0) is 44.9 Å². The second-order valence-corrected chi connectivity index (χ2v) is 7.44. The third-order valence-electron chi connectivity index (χ3n) is 3.43. The van der Waals surface area contributed by atoms with Crippen molar-refractivity contribution in [3.05, 3.63) is 29.8 Å². The van der Waals surface area contributed by atoms with E-state index in [2.05, 4.69) is 17.9 Å². The number of amides is 2. The molecule has 23 heavy (non-hydrogen) atoms. The number of nitrogens with one attached hydrogen (secondary N) is 1. The van der Waals surface area contributed by atoms with E-state index in [1.807, 2.05) is 45.0 Å². The molecule has 0 aromatic heterocycles. The number of hydrogen-bond acceptors (Lipinski definition) is 4. The van der Waals surface area contributed by atoms with Crippen LogP contribution in [0.3, 0.4) is 0 Å². The summed E-state index contributed by atoms with van der Waals surface area (Å²) >= 11 is 4.36. The van der Waals surface area contributed by atoms with E-state index >= 15 is 0 Å². The lowest BCUT2D eigenvalue weighted by Gasteiger charge is -2.19. The summed E-state index contributed by atoms with van der Waals surface area (Å²) in [6.45, 7) is 6.66. The van der Waals surface area contributed by atoms with Gasteiger partial charge in [0.2, 0.25) is 5.91 Å². The number of thiol groups is 1. The molecule has 0 bridgehead atoms. The van der Waals surface area contributed by atoms with Crippen LogP contribution in [0, 0.1) is 0 Å². The maximum Gasteiger partial charge on any atom is 0.407 e. The minimum Gasteiger partial charge on any atom is -0.444 e. The van der Waals surface area contributed by atoms with Gasteiger partial charge >= 0.3 is 6.09 Å². The zero-order valence-electron chi connectivity index (χ0n) is 13.8. The molecule has 1 atom stereocenters. The normalized spacial score (nSPS) is 18.2. The number of rotatable bonds is 4. The minimum absolute atomic E-state index is 0.111. The molecular formula is C17H24N2O3S. The van der Waals surface area contributed by atoms with E-state index in [-0.39, 0.29) is 11.2 Å². The van der Waals surface area contributed by atoms with Crippen molar-refractivity contribution in [1.82, 2.24) is 5.32 Å². The van der Waals surface area contributed by atoms with Gasteiger partial charge in [-0.15, -0.1) is 0 Å². The summed E-state index contributed by atoms with van der Waals surface area (Å²) in [6.07, 6.45) is 0.796. The number of ether oxygens (including phenoxy) is 1. The molecule has 1 N–H and O–H groups in total. The smallest absolute Gasteiger partial charge is 0.407 e. The van der Waals surface area contributed by atoms with Crippen molar-refractivity contribution in [1.29, 1.82) is 0 Å². The predicted molar refractivity (Wildman–Crippen MR) is 94.1 cm³/mol. The second-order valence-electron chi connectivity index (χ2n) is 6.71. The fourth-order valence-electron chi connectivity index (χ4n) is 2.40. The lowest BCUT2D eigenvalue weighted by molar-refractivity contribution is -0.117. The first kappa shape index (κ1) is 17.7. The number of carbonyl (C=O) groups excluding carboxylic acids is 2. The standard InChI is InChI=1S/C17H24N2O3S/c1-17(2,3)22-16(21)18-9-8-12-4-6-13(7-5-12)19-11-14(23)10-15(19)20/h4-7,14,23H,8-11H2,1-3H3,(H,18,21). The van der Waals surface area contributed by atoms with Crippen molar-refractivity contribution < 1.29 is 14.3 Å². The Hall–Kier alpha value is -1.69. The molecule has 0 radical (unpaired) electrons. The van der Waals surface area contributed by atoms with Gasteiger partial charge in [-0.25, -0.2) is 4.79 Å². The second kappa shape index (κ2) is 7.25. The van der Waals surface area contributed by atoms with Crippen LogP contribution in [-0.4, -0.2) is 35.9 Å². The lowest BCUT2D eigenvalue weighted by atomic mass is 10.1. The first-order chi connectivity index (χ1) is 10.7. The largest absolute Gasteiger partial charge is 0.444 e. The molecule has 126 valence electrons. The fraction of sp³-hybridized carbons (Fsp3) is 0.529. The molecule has 2 amide bonds. The Balaban J connectivity index is 1.82. The number of carbonyl (C=O) groups is 2. The lowest BCUT2D eigenvalue weighted by Crippen LogP contribution is -2.33. The van der Waals surface area contributed by atoms with Crippen molar-refractivity contribution in [2.45, 2.75) is 44.5 Å². The highest BCUT2D eigenvalue weighted by Crippen LogP contribution is 2.24. The van der Waals surface area contributed by atoms with Crippen LogP contribution >= 0.6 is 12.6 Å². The van der Waals surface area contributed by atoms with E-state index in [1.165, 1.54) is 0 Å². The van der Waals surface area contributed by atoms with Gasteiger partial charge in [-0.3, -0.25) is 4.79 Å². The molecule has 1 heterocycles. The van der Waals surface area contributed by atoms with E-state index < -0.39 is 11.7 Å². The molecule has 1 fully saturated rings. The highest BCUT2D eigenvalue weighted by atomic mass is 32.1. The molecule has 0 aliphatic carbocycles. The molecule has 1 aliphatic heterocycles. The molecule has 2 rings (SSSR count). The van der Waals surface area contributed by atoms with Crippen molar-refractivity contribution in [2.24, 2.45) is 0 Å². The van der Waals surface area contributed by atoms with Crippen LogP contribution in [0.5, 0.6) is 0 Å². The molecule has 1 aromatic carbocycles. The molecule has 1 saturated heterocycles. The maximum absolute atomic E-state index is 11.8. The van der Waals surface area contributed by atoms with Gasteiger partial charge in [-0.1, -0.05) is 12.1 Å². The average molecular weight is 336 g/mol. The van der Waals surface area contributed by atoms with E-state index in [0.29, 0.717) is 25.9 Å². The monoisotopic (exact) mass is 336 g/mol. The summed E-state index contributed by atoms with van der Waals surface area (Å²) in [7, 11) is 0. The SMILES string of the molecule is CC(C)(C)OC(=O)NCCc1ccc(N2CC(S)CC2=O)cc1. The molecule has 0 spiro atoms. The van der Waals surface area contributed by atoms with Gasteiger partial charge in [-0.2, -0.15) is 12.6 Å². The Morgan fingerprint density at radius 2 is 2.00 bits per heavy atom. The molecule has 1 aromatic rings. The summed E-state index contributed by atoms with van der Waals surface area (Å²) in [5.41, 5.74) is 1.51. The topological polar surface area (TPSA) is 58.6 Å². The quantitative estimate of drug-likeness (QED) is 0.831. The minimum atomic E-state index is -0.487. The molecule has 5 nitrogen and oxygen atoms in total. The highest BCUT2D eigenvalue weighted by Gasteiger charge is 2.28. The van der Waals surface area contributed by atoms with Crippen LogP contribution in [0.2, 0.25) is 0 Å². The number of hydrogen-bond donors (Lipinski definition) is 2. The summed E-state index contributed by atoms with van der Waals surface area (Å²) in [6, 6.07) is 7.83. The molecule has 1 aliphatic rings. The Morgan fingerprint density at radius 1 is 1.35 bits per heavy atom. The molecular weight excluding hydrogens is 312 g/mol. The van der Waals surface area contributed by atoms with E-state index in [4.69, 9.17) is 4.74 Å². The first-order valence-electron chi connectivity index (χ1n) is 7.79. The third kappa shape index (κ3) is 5.46. The maximum atomic E-state index is 11.8.